The Labute approximate surface area is 143 Å². The van der Waals surface area contributed by atoms with Gasteiger partial charge in [-0.3, -0.25) is 4.79 Å². The van der Waals surface area contributed by atoms with Gasteiger partial charge in [0, 0.05) is 12.6 Å². The van der Waals surface area contributed by atoms with E-state index in [1.165, 1.54) is 5.56 Å². The van der Waals surface area contributed by atoms with Gasteiger partial charge in [0.25, 0.3) is 0 Å². The molecule has 0 aromatic heterocycles. The number of ether oxygens (including phenoxy) is 1. The first-order chi connectivity index (χ1) is 11.7. The topological polar surface area (TPSA) is 29.5 Å². The normalized spacial score (nSPS) is 17.4. The number of nitrogens with zero attached hydrogens (tertiary/aromatic N) is 1. The molecule has 0 spiro atoms. The molecule has 0 radical (unpaired) electrons. The Hall–Kier alpha value is -2.55. The summed E-state index contributed by atoms with van der Waals surface area (Å²) in [6, 6.07) is 16.3. The Morgan fingerprint density at radius 2 is 2.00 bits per heavy atom. The van der Waals surface area contributed by atoms with E-state index in [1.54, 1.807) is 13.2 Å². The first kappa shape index (κ1) is 16.3. The average molecular weight is 321 g/mol. The van der Waals surface area contributed by atoms with E-state index in [0.717, 1.165) is 36.3 Å². The molecular formula is C21H23NO2. The predicted octanol–water partition coefficient (Wildman–Crippen LogP) is 4.38. The fourth-order valence-corrected chi connectivity index (χ4v) is 3.17. The van der Waals surface area contributed by atoms with Gasteiger partial charge in [0.2, 0.25) is 5.91 Å². The highest BCUT2D eigenvalue weighted by Crippen LogP contribution is 2.33. The van der Waals surface area contributed by atoms with Gasteiger partial charge in [0.05, 0.1) is 13.2 Å². The number of amides is 1. The molecule has 2 aromatic rings. The van der Waals surface area contributed by atoms with Gasteiger partial charge in [-0.1, -0.05) is 42.0 Å². The molecule has 0 bridgehead atoms. The van der Waals surface area contributed by atoms with Crippen molar-refractivity contribution in [3.63, 3.8) is 0 Å². The summed E-state index contributed by atoms with van der Waals surface area (Å²) in [5.74, 6) is 0.905. The molecule has 124 valence electrons. The molecule has 0 saturated carbocycles. The minimum Gasteiger partial charge on any atom is -0.497 e. The van der Waals surface area contributed by atoms with Crippen molar-refractivity contribution in [1.29, 1.82) is 0 Å². The monoisotopic (exact) mass is 321 g/mol. The molecule has 0 N–H and O–H groups in total. The van der Waals surface area contributed by atoms with Crippen molar-refractivity contribution >= 4 is 12.0 Å². The molecule has 2 aromatic carbocycles. The van der Waals surface area contributed by atoms with E-state index in [9.17, 15) is 4.79 Å². The Bertz CT molecular complexity index is 734. The maximum Gasteiger partial charge on any atom is 0.247 e. The zero-order valence-corrected chi connectivity index (χ0v) is 14.2. The summed E-state index contributed by atoms with van der Waals surface area (Å²) in [5.41, 5.74) is 3.41. The van der Waals surface area contributed by atoms with Crippen LogP contribution in [0.15, 0.2) is 54.6 Å². The van der Waals surface area contributed by atoms with Gasteiger partial charge in [-0.25, -0.2) is 0 Å². The molecule has 1 fully saturated rings. The van der Waals surface area contributed by atoms with Gasteiger partial charge < -0.3 is 9.64 Å². The van der Waals surface area contributed by atoms with Gasteiger partial charge >= 0.3 is 0 Å². The quantitative estimate of drug-likeness (QED) is 0.782. The van der Waals surface area contributed by atoms with Crippen molar-refractivity contribution in [3.05, 3.63) is 71.3 Å². The number of hydrogen-bond donors (Lipinski definition) is 0. The van der Waals surface area contributed by atoms with E-state index in [4.69, 9.17) is 4.74 Å². The van der Waals surface area contributed by atoms with Crippen molar-refractivity contribution < 1.29 is 9.53 Å². The number of hydrogen-bond acceptors (Lipinski definition) is 2. The van der Waals surface area contributed by atoms with Crippen molar-refractivity contribution in [2.24, 2.45) is 0 Å². The molecule has 24 heavy (non-hydrogen) atoms. The van der Waals surface area contributed by atoms with Gasteiger partial charge in [0.1, 0.15) is 5.75 Å². The smallest absolute Gasteiger partial charge is 0.247 e. The minimum absolute atomic E-state index is 0.0703. The molecule has 1 aliphatic heterocycles. The van der Waals surface area contributed by atoms with Crippen LogP contribution in [0.2, 0.25) is 0 Å². The summed E-state index contributed by atoms with van der Waals surface area (Å²) in [6.07, 6.45) is 5.61. The zero-order valence-electron chi connectivity index (χ0n) is 14.2. The molecule has 1 saturated heterocycles. The molecule has 3 heteroatoms. The van der Waals surface area contributed by atoms with Crippen molar-refractivity contribution in [1.82, 2.24) is 4.90 Å². The number of rotatable bonds is 4. The Balaban J connectivity index is 1.74. The number of carbonyl (C=O) groups is 1. The number of methoxy groups -OCH3 is 1. The van der Waals surface area contributed by atoms with E-state index in [0.29, 0.717) is 0 Å². The lowest BCUT2D eigenvalue weighted by Gasteiger charge is -2.24. The number of carbonyl (C=O) groups excluding carboxylic acids is 1. The third-order valence-electron chi connectivity index (χ3n) is 4.51. The second-order valence-electron chi connectivity index (χ2n) is 6.21. The average Bonchev–Trinajstić information content (AvgIpc) is 3.11. The molecule has 1 aliphatic rings. The van der Waals surface area contributed by atoms with Crippen LogP contribution in [-0.2, 0) is 4.79 Å². The standard InChI is InChI=1S/C21H23NO2/c1-16-8-10-17(11-9-16)12-13-21(23)22-14-4-7-20(22)18-5-3-6-19(15-18)24-2/h3,5-6,8-13,15,20H,4,7,14H2,1-2H3/b13-12+. The molecule has 3 rings (SSSR count). The number of aryl methyl sites for hydroxylation is 1. The van der Waals surface area contributed by atoms with Gasteiger partial charge in [-0.15, -0.1) is 0 Å². The molecule has 3 nitrogen and oxygen atoms in total. The Morgan fingerprint density at radius 3 is 2.75 bits per heavy atom. The van der Waals surface area contributed by atoms with Crippen molar-refractivity contribution in [2.45, 2.75) is 25.8 Å². The summed E-state index contributed by atoms with van der Waals surface area (Å²) in [5, 5.41) is 0. The van der Waals surface area contributed by atoms with E-state index in [2.05, 4.69) is 25.1 Å². The van der Waals surface area contributed by atoms with Crippen LogP contribution < -0.4 is 4.74 Å². The van der Waals surface area contributed by atoms with Crippen LogP contribution in [-0.4, -0.2) is 24.5 Å². The summed E-state index contributed by atoms with van der Waals surface area (Å²) in [6.45, 7) is 2.86. The fourth-order valence-electron chi connectivity index (χ4n) is 3.17. The Morgan fingerprint density at radius 1 is 1.21 bits per heavy atom. The van der Waals surface area contributed by atoms with E-state index < -0.39 is 0 Å². The molecule has 1 amide bonds. The molecule has 1 unspecified atom stereocenters. The molecule has 1 heterocycles. The molecule has 0 aliphatic carbocycles. The van der Waals surface area contributed by atoms with Crippen LogP contribution >= 0.6 is 0 Å². The van der Waals surface area contributed by atoms with Crippen LogP contribution in [0, 0.1) is 6.92 Å². The fraction of sp³-hybridized carbons (Fsp3) is 0.286. The lowest BCUT2D eigenvalue weighted by molar-refractivity contribution is -0.126. The molecular weight excluding hydrogens is 298 g/mol. The first-order valence-corrected chi connectivity index (χ1v) is 8.36. The van der Waals surface area contributed by atoms with Crippen LogP contribution in [0.25, 0.3) is 6.08 Å². The number of benzene rings is 2. The third kappa shape index (κ3) is 3.67. The van der Waals surface area contributed by atoms with Gasteiger partial charge in [0.15, 0.2) is 0 Å². The first-order valence-electron chi connectivity index (χ1n) is 8.36. The van der Waals surface area contributed by atoms with Crippen molar-refractivity contribution in [3.8, 4) is 5.75 Å². The van der Waals surface area contributed by atoms with Gasteiger partial charge in [-0.2, -0.15) is 0 Å². The lowest BCUT2D eigenvalue weighted by atomic mass is 10.0. The highest BCUT2D eigenvalue weighted by molar-refractivity contribution is 5.92. The zero-order chi connectivity index (χ0) is 16.9. The van der Waals surface area contributed by atoms with E-state index >= 15 is 0 Å². The van der Waals surface area contributed by atoms with Crippen LogP contribution in [0.4, 0.5) is 0 Å². The van der Waals surface area contributed by atoms with Gasteiger partial charge in [-0.05, 0) is 49.1 Å². The van der Waals surface area contributed by atoms with Crippen LogP contribution in [0.3, 0.4) is 0 Å². The largest absolute Gasteiger partial charge is 0.497 e. The summed E-state index contributed by atoms with van der Waals surface area (Å²) in [4.78, 5) is 14.6. The SMILES string of the molecule is COc1cccc(C2CCCN2C(=O)/C=C/c2ccc(C)cc2)c1. The Kier molecular flexibility index (Phi) is 4.99. The lowest BCUT2D eigenvalue weighted by Crippen LogP contribution is -2.28. The third-order valence-corrected chi connectivity index (χ3v) is 4.51. The van der Waals surface area contributed by atoms with Crippen molar-refractivity contribution in [2.75, 3.05) is 13.7 Å². The maximum atomic E-state index is 12.6. The van der Waals surface area contributed by atoms with E-state index in [1.807, 2.05) is 41.3 Å². The second-order valence-corrected chi connectivity index (χ2v) is 6.21. The van der Waals surface area contributed by atoms with Crippen LogP contribution in [0.5, 0.6) is 5.75 Å². The predicted molar refractivity (Wildman–Crippen MR) is 96.9 cm³/mol. The summed E-state index contributed by atoms with van der Waals surface area (Å²) >= 11 is 0. The number of likely N-dealkylation sites (tertiary alicyclic amines) is 1. The van der Waals surface area contributed by atoms with E-state index in [-0.39, 0.29) is 11.9 Å². The highest BCUT2D eigenvalue weighted by Gasteiger charge is 2.28. The summed E-state index contributed by atoms with van der Waals surface area (Å²) < 4.78 is 5.31. The second kappa shape index (κ2) is 7.35. The molecule has 1 atom stereocenters. The maximum absolute atomic E-state index is 12.6. The minimum atomic E-state index is 0.0703. The highest BCUT2D eigenvalue weighted by atomic mass is 16.5. The van der Waals surface area contributed by atoms with Crippen LogP contribution in [0.1, 0.15) is 35.6 Å². The summed E-state index contributed by atoms with van der Waals surface area (Å²) in [7, 11) is 1.67.